The molecule has 2 aromatic rings. The first-order valence-electron chi connectivity index (χ1n) is 7.41. The van der Waals surface area contributed by atoms with Gasteiger partial charge in [-0.15, -0.1) is 0 Å². The predicted molar refractivity (Wildman–Crippen MR) is 87.3 cm³/mol. The fraction of sp³-hybridized carbons (Fsp3) is 0.222. The lowest BCUT2D eigenvalue weighted by molar-refractivity contribution is -0.118. The summed E-state index contributed by atoms with van der Waals surface area (Å²) in [7, 11) is 1.60. The molecule has 1 aliphatic rings. The number of fused-ring (bicyclic) bond motifs is 1. The van der Waals surface area contributed by atoms with Gasteiger partial charge in [0.25, 0.3) is 5.91 Å². The van der Waals surface area contributed by atoms with E-state index in [1.165, 1.54) is 0 Å². The van der Waals surface area contributed by atoms with Crippen molar-refractivity contribution in [3.8, 4) is 11.5 Å². The van der Waals surface area contributed by atoms with Crippen LogP contribution in [0.3, 0.4) is 0 Å². The van der Waals surface area contributed by atoms with Crippen molar-refractivity contribution in [3.05, 3.63) is 59.4 Å². The number of hydrogen-bond donors (Lipinski definition) is 1. The molecule has 1 aromatic heterocycles. The molecule has 0 saturated heterocycles. The Balaban J connectivity index is 1.77. The van der Waals surface area contributed by atoms with Crippen molar-refractivity contribution in [2.24, 2.45) is 0 Å². The number of rotatable bonds is 4. The summed E-state index contributed by atoms with van der Waals surface area (Å²) in [5, 5.41) is 2.94. The molecule has 0 radical (unpaired) electrons. The number of methoxy groups -OCH3 is 1. The zero-order valence-corrected chi connectivity index (χ0v) is 13.1. The Morgan fingerprint density at radius 1 is 1.30 bits per heavy atom. The maximum atomic E-state index is 12.4. The van der Waals surface area contributed by atoms with E-state index in [1.807, 2.05) is 49.4 Å². The van der Waals surface area contributed by atoms with Crippen molar-refractivity contribution in [3.63, 3.8) is 0 Å². The minimum Gasteiger partial charge on any atom is -0.493 e. The Morgan fingerprint density at radius 3 is 2.91 bits per heavy atom. The van der Waals surface area contributed by atoms with Crippen molar-refractivity contribution in [2.45, 2.75) is 13.0 Å². The fourth-order valence-electron chi connectivity index (χ4n) is 2.47. The van der Waals surface area contributed by atoms with E-state index in [9.17, 15) is 4.79 Å². The second-order valence-electron chi connectivity index (χ2n) is 5.29. The summed E-state index contributed by atoms with van der Waals surface area (Å²) in [6.45, 7) is 2.12. The number of amides is 1. The summed E-state index contributed by atoms with van der Waals surface area (Å²) in [5.74, 6) is 1.18. The maximum Gasteiger partial charge on any atom is 0.251 e. The first-order chi connectivity index (χ1) is 11.2. The summed E-state index contributed by atoms with van der Waals surface area (Å²) in [5.41, 5.74) is 2.24. The second kappa shape index (κ2) is 6.52. The van der Waals surface area contributed by atoms with Gasteiger partial charge >= 0.3 is 0 Å². The van der Waals surface area contributed by atoms with E-state index in [-0.39, 0.29) is 18.6 Å². The molecule has 0 unspecified atom stereocenters. The van der Waals surface area contributed by atoms with Crippen LogP contribution < -0.4 is 14.8 Å². The molecule has 1 atom stereocenters. The molecular weight excluding hydrogens is 292 g/mol. The molecule has 2 heterocycles. The van der Waals surface area contributed by atoms with E-state index in [2.05, 4.69) is 10.3 Å². The number of aromatic nitrogens is 1. The Hall–Kier alpha value is -2.82. The molecule has 5 nitrogen and oxygen atoms in total. The lowest BCUT2D eigenvalue weighted by Gasteiger charge is -2.21. The van der Waals surface area contributed by atoms with Gasteiger partial charge in [-0.05, 0) is 31.2 Å². The summed E-state index contributed by atoms with van der Waals surface area (Å²) >= 11 is 0. The second-order valence-corrected chi connectivity index (χ2v) is 5.29. The van der Waals surface area contributed by atoms with Gasteiger partial charge in [0.2, 0.25) is 0 Å². The van der Waals surface area contributed by atoms with Crippen LogP contribution in [-0.4, -0.2) is 24.6 Å². The number of nitrogens with zero attached hydrogens (tertiary/aromatic N) is 1. The van der Waals surface area contributed by atoms with Gasteiger partial charge < -0.3 is 14.8 Å². The molecule has 1 aromatic carbocycles. The molecule has 0 bridgehead atoms. The molecule has 0 spiro atoms. The number of carbonyl (C=O) groups excluding carboxylic acids is 1. The van der Waals surface area contributed by atoms with Crippen LogP contribution in [0, 0.1) is 0 Å². The van der Waals surface area contributed by atoms with Gasteiger partial charge in [0.15, 0.2) is 11.5 Å². The van der Waals surface area contributed by atoms with Gasteiger partial charge in [-0.1, -0.05) is 18.2 Å². The minimum absolute atomic E-state index is 0.156. The summed E-state index contributed by atoms with van der Waals surface area (Å²) in [4.78, 5) is 16.7. The zero-order chi connectivity index (χ0) is 16.2. The van der Waals surface area contributed by atoms with Crippen LogP contribution in [0.25, 0.3) is 6.08 Å². The molecule has 5 heteroatoms. The van der Waals surface area contributed by atoms with Gasteiger partial charge in [0.1, 0.15) is 6.61 Å². The van der Waals surface area contributed by atoms with Gasteiger partial charge in [-0.25, -0.2) is 0 Å². The topological polar surface area (TPSA) is 60.5 Å². The fourth-order valence-corrected chi connectivity index (χ4v) is 2.47. The largest absolute Gasteiger partial charge is 0.493 e. The van der Waals surface area contributed by atoms with Crippen molar-refractivity contribution in [1.82, 2.24) is 10.3 Å². The lowest BCUT2D eigenvalue weighted by atomic mass is 10.1. The third kappa shape index (κ3) is 3.18. The molecular formula is C18H18N2O3. The van der Waals surface area contributed by atoms with Gasteiger partial charge in [-0.2, -0.15) is 0 Å². The SMILES string of the molecule is COc1cccc2c1OCC(C(=O)N[C@H](C)c1ccccn1)=C2. The van der Waals surface area contributed by atoms with Crippen molar-refractivity contribution >= 4 is 12.0 Å². The monoisotopic (exact) mass is 310 g/mol. The summed E-state index contributed by atoms with van der Waals surface area (Å²) in [6.07, 6.45) is 3.55. The number of pyridine rings is 1. The first kappa shape index (κ1) is 15.1. The Morgan fingerprint density at radius 2 is 2.17 bits per heavy atom. The highest BCUT2D eigenvalue weighted by Crippen LogP contribution is 2.35. The van der Waals surface area contributed by atoms with Gasteiger partial charge in [0, 0.05) is 11.8 Å². The van der Waals surface area contributed by atoms with Crippen LogP contribution in [0.15, 0.2) is 48.2 Å². The molecule has 118 valence electrons. The van der Waals surface area contributed by atoms with E-state index < -0.39 is 0 Å². The van der Waals surface area contributed by atoms with Crippen molar-refractivity contribution in [1.29, 1.82) is 0 Å². The highest BCUT2D eigenvalue weighted by atomic mass is 16.5. The van der Waals surface area contributed by atoms with Crippen molar-refractivity contribution in [2.75, 3.05) is 13.7 Å². The number of para-hydroxylation sites is 1. The van der Waals surface area contributed by atoms with Crippen LogP contribution in [0.1, 0.15) is 24.2 Å². The maximum absolute atomic E-state index is 12.4. The smallest absolute Gasteiger partial charge is 0.251 e. The molecule has 0 fully saturated rings. The number of carbonyl (C=O) groups is 1. The average molecular weight is 310 g/mol. The van der Waals surface area contributed by atoms with E-state index in [4.69, 9.17) is 9.47 Å². The average Bonchev–Trinajstić information content (AvgIpc) is 2.61. The Bertz CT molecular complexity index is 741. The van der Waals surface area contributed by atoms with E-state index in [0.717, 1.165) is 11.3 Å². The van der Waals surface area contributed by atoms with E-state index >= 15 is 0 Å². The summed E-state index contributed by atoms with van der Waals surface area (Å²) < 4.78 is 11.0. The minimum atomic E-state index is -0.170. The predicted octanol–water partition coefficient (Wildman–Crippen LogP) is 2.74. The number of hydrogen-bond acceptors (Lipinski definition) is 4. The van der Waals surface area contributed by atoms with E-state index in [1.54, 1.807) is 13.3 Å². The number of ether oxygens (including phenoxy) is 2. The number of benzene rings is 1. The molecule has 0 aliphatic carbocycles. The Labute approximate surface area is 135 Å². The zero-order valence-electron chi connectivity index (χ0n) is 13.1. The Kier molecular flexibility index (Phi) is 4.28. The normalized spacial score (nSPS) is 14.1. The van der Waals surface area contributed by atoms with Gasteiger partial charge in [0.05, 0.1) is 24.4 Å². The first-order valence-corrected chi connectivity index (χ1v) is 7.41. The quantitative estimate of drug-likeness (QED) is 0.943. The lowest BCUT2D eigenvalue weighted by Crippen LogP contribution is -2.31. The van der Waals surface area contributed by atoms with Crippen molar-refractivity contribution < 1.29 is 14.3 Å². The molecule has 0 saturated carbocycles. The van der Waals surface area contributed by atoms with Crippen LogP contribution in [-0.2, 0) is 4.79 Å². The van der Waals surface area contributed by atoms with Crippen LogP contribution in [0.5, 0.6) is 11.5 Å². The highest BCUT2D eigenvalue weighted by molar-refractivity contribution is 5.99. The standard InChI is InChI=1S/C18H18N2O3/c1-12(15-7-3-4-9-19-15)20-18(21)14-10-13-6-5-8-16(22-2)17(13)23-11-14/h3-10,12H,11H2,1-2H3,(H,20,21)/t12-/m1/s1. The molecule has 1 amide bonds. The third-order valence-corrected chi connectivity index (χ3v) is 3.70. The van der Waals surface area contributed by atoms with Crippen LogP contribution in [0.2, 0.25) is 0 Å². The van der Waals surface area contributed by atoms with E-state index in [0.29, 0.717) is 17.1 Å². The molecule has 23 heavy (non-hydrogen) atoms. The van der Waals surface area contributed by atoms with Crippen LogP contribution in [0.4, 0.5) is 0 Å². The third-order valence-electron chi connectivity index (χ3n) is 3.70. The number of nitrogens with one attached hydrogen (secondary N) is 1. The molecule has 3 rings (SSSR count). The highest BCUT2D eigenvalue weighted by Gasteiger charge is 2.21. The van der Waals surface area contributed by atoms with Gasteiger partial charge in [-0.3, -0.25) is 9.78 Å². The van der Waals surface area contributed by atoms with Crippen LogP contribution >= 0.6 is 0 Å². The molecule has 1 N–H and O–H groups in total. The molecule has 1 aliphatic heterocycles. The summed E-state index contributed by atoms with van der Waals surface area (Å²) in [6, 6.07) is 11.1.